The summed E-state index contributed by atoms with van der Waals surface area (Å²) in [6.45, 7) is 12.5. The van der Waals surface area contributed by atoms with Crippen LogP contribution >= 0.6 is 0 Å². The van der Waals surface area contributed by atoms with Gasteiger partial charge in [0.2, 0.25) is 0 Å². The number of ether oxygens (including phenoxy) is 3. The van der Waals surface area contributed by atoms with Crippen molar-refractivity contribution in [2.24, 2.45) is 23.7 Å². The fraction of sp³-hybridized carbons (Fsp3) is 0.467. The van der Waals surface area contributed by atoms with E-state index in [1.54, 1.807) is 4.90 Å². The average molecular weight is 753 g/mol. The number of hydrogen-bond donors (Lipinski definition) is 1. The van der Waals surface area contributed by atoms with Crippen LogP contribution in [-0.2, 0) is 36.6 Å². The summed E-state index contributed by atoms with van der Waals surface area (Å²) >= 11 is 0. The number of carbonyl (C=O) groups is 4. The minimum absolute atomic E-state index is 0.0546. The lowest BCUT2D eigenvalue weighted by Crippen LogP contribution is -2.36. The van der Waals surface area contributed by atoms with Crippen molar-refractivity contribution in [3.8, 4) is 0 Å². The molecule has 10 heteroatoms. The molecule has 1 N–H and O–H groups in total. The smallest absolute Gasteiger partial charge is 0.410 e. The number of aliphatic carboxylic acids is 1. The van der Waals surface area contributed by atoms with E-state index in [1.165, 1.54) is 44.7 Å². The lowest BCUT2D eigenvalue weighted by molar-refractivity contribution is -0.146. The minimum atomic E-state index is -0.844. The Kier molecular flexibility index (Phi) is 13.1. The van der Waals surface area contributed by atoms with Crippen LogP contribution in [0.1, 0.15) is 65.5 Å². The third-order valence-electron chi connectivity index (χ3n) is 10.3. The first-order valence-electron chi connectivity index (χ1n) is 19.2. The number of likely N-dealkylation sites (tertiary alicyclic amines) is 2. The average Bonchev–Trinajstić information content (AvgIpc) is 3.77. The first kappa shape index (κ1) is 41.1. The molecule has 6 rings (SSSR count). The zero-order valence-electron chi connectivity index (χ0n) is 33.2. The molecule has 0 saturated carbocycles. The van der Waals surface area contributed by atoms with E-state index in [2.05, 4.69) is 54.6 Å². The van der Waals surface area contributed by atoms with Crippen LogP contribution in [0.25, 0.3) is 21.5 Å². The van der Waals surface area contributed by atoms with Crippen LogP contribution in [0.2, 0.25) is 0 Å². The number of carboxylic acid groups (broad SMARTS) is 1. The SMILES string of the molecule is CC(C)(C)OC(=O)N1C[C@H](CCc2cccc3ccccc23)[C@@H](C(=O)O)C1.COC(=O)[C@H]1CN(C(=O)OC(C)(C)C)C[C@@H]1CCc1cccc2ccccc12. The Balaban J connectivity index is 0.000000211. The minimum Gasteiger partial charge on any atom is -0.481 e. The molecule has 2 fully saturated rings. The zero-order chi connectivity index (χ0) is 39.9. The Labute approximate surface area is 324 Å². The summed E-state index contributed by atoms with van der Waals surface area (Å²) in [6, 6.07) is 29.1. The largest absolute Gasteiger partial charge is 0.481 e. The number of benzene rings is 4. The maximum Gasteiger partial charge on any atom is 0.410 e. The van der Waals surface area contributed by atoms with Gasteiger partial charge >= 0.3 is 24.1 Å². The highest BCUT2D eigenvalue weighted by molar-refractivity contribution is 5.86. The first-order valence-corrected chi connectivity index (χ1v) is 19.2. The molecule has 0 spiro atoms. The molecule has 0 bridgehead atoms. The molecule has 2 aliphatic rings. The molecule has 2 saturated heterocycles. The fourth-order valence-corrected chi connectivity index (χ4v) is 7.68. The van der Waals surface area contributed by atoms with Gasteiger partial charge in [-0.1, -0.05) is 84.9 Å². The second-order valence-electron chi connectivity index (χ2n) is 16.7. The van der Waals surface area contributed by atoms with Gasteiger partial charge in [-0.25, -0.2) is 9.59 Å². The normalized spacial score (nSPS) is 19.8. The molecule has 0 aromatic heterocycles. The van der Waals surface area contributed by atoms with Gasteiger partial charge in [0.15, 0.2) is 0 Å². The summed E-state index contributed by atoms with van der Waals surface area (Å²) < 4.78 is 15.9. The van der Waals surface area contributed by atoms with Crippen molar-refractivity contribution in [2.75, 3.05) is 33.3 Å². The molecule has 2 amide bonds. The van der Waals surface area contributed by atoms with Gasteiger partial charge in [-0.3, -0.25) is 9.59 Å². The van der Waals surface area contributed by atoms with E-state index in [9.17, 15) is 24.3 Å². The van der Waals surface area contributed by atoms with Gasteiger partial charge in [-0.15, -0.1) is 0 Å². The number of carbonyl (C=O) groups excluding carboxylic acids is 3. The Morgan fingerprint density at radius 2 is 1.00 bits per heavy atom. The number of methoxy groups -OCH3 is 1. The topological polar surface area (TPSA) is 123 Å². The second-order valence-corrected chi connectivity index (χ2v) is 16.7. The number of hydrogen-bond acceptors (Lipinski definition) is 7. The van der Waals surface area contributed by atoms with E-state index in [0.29, 0.717) is 19.6 Å². The van der Waals surface area contributed by atoms with Gasteiger partial charge < -0.3 is 29.1 Å². The van der Waals surface area contributed by atoms with Crippen LogP contribution in [0.5, 0.6) is 0 Å². The number of nitrogens with zero attached hydrogens (tertiary/aromatic N) is 2. The number of carboxylic acids is 1. The van der Waals surface area contributed by atoms with Crippen molar-refractivity contribution >= 4 is 45.7 Å². The number of rotatable bonds is 8. The predicted molar refractivity (Wildman–Crippen MR) is 214 cm³/mol. The van der Waals surface area contributed by atoms with Crippen molar-refractivity contribution in [1.29, 1.82) is 0 Å². The molecule has 0 aliphatic carbocycles. The summed E-state index contributed by atoms with van der Waals surface area (Å²) in [4.78, 5) is 52.0. The molecule has 294 valence electrons. The third-order valence-corrected chi connectivity index (χ3v) is 10.3. The van der Waals surface area contributed by atoms with Gasteiger partial charge in [0.05, 0.1) is 18.9 Å². The molecule has 4 atom stereocenters. The van der Waals surface area contributed by atoms with E-state index < -0.39 is 29.2 Å². The Morgan fingerprint density at radius 3 is 1.42 bits per heavy atom. The van der Waals surface area contributed by atoms with Crippen LogP contribution < -0.4 is 0 Å². The molecule has 4 aromatic carbocycles. The lowest BCUT2D eigenvalue weighted by atomic mass is 9.89. The number of esters is 1. The summed E-state index contributed by atoms with van der Waals surface area (Å²) in [5.74, 6) is -1.98. The van der Waals surface area contributed by atoms with Crippen LogP contribution in [0, 0.1) is 23.7 Å². The van der Waals surface area contributed by atoms with Crippen molar-refractivity contribution < 1.29 is 38.5 Å². The molecule has 0 unspecified atom stereocenters. The summed E-state index contributed by atoms with van der Waals surface area (Å²) in [5, 5.41) is 14.4. The highest BCUT2D eigenvalue weighted by atomic mass is 16.6. The van der Waals surface area contributed by atoms with Crippen LogP contribution in [-0.4, -0.2) is 83.5 Å². The zero-order valence-corrected chi connectivity index (χ0v) is 33.2. The second kappa shape index (κ2) is 17.6. The van der Waals surface area contributed by atoms with Crippen molar-refractivity contribution in [3.63, 3.8) is 0 Å². The Morgan fingerprint density at radius 1 is 0.600 bits per heavy atom. The quantitative estimate of drug-likeness (QED) is 0.140. The van der Waals surface area contributed by atoms with Gasteiger partial charge in [0.25, 0.3) is 0 Å². The van der Waals surface area contributed by atoms with E-state index >= 15 is 0 Å². The van der Waals surface area contributed by atoms with Crippen LogP contribution in [0.15, 0.2) is 84.9 Å². The number of aryl methyl sites for hydroxylation is 2. The summed E-state index contributed by atoms with van der Waals surface area (Å²) in [6.07, 6.45) is 2.38. The van der Waals surface area contributed by atoms with Gasteiger partial charge in [-0.05, 0) is 112 Å². The molecular weight excluding hydrogens is 697 g/mol. The van der Waals surface area contributed by atoms with E-state index in [1.807, 2.05) is 71.9 Å². The monoisotopic (exact) mass is 752 g/mol. The highest BCUT2D eigenvalue weighted by Crippen LogP contribution is 2.32. The van der Waals surface area contributed by atoms with Gasteiger partial charge in [0.1, 0.15) is 11.2 Å². The molecule has 10 nitrogen and oxygen atoms in total. The maximum atomic E-state index is 12.5. The Hall–Kier alpha value is -5.12. The molecule has 2 heterocycles. The summed E-state index contributed by atoms with van der Waals surface area (Å²) in [7, 11) is 1.40. The summed E-state index contributed by atoms with van der Waals surface area (Å²) in [5.41, 5.74) is 1.33. The van der Waals surface area contributed by atoms with Gasteiger partial charge in [-0.2, -0.15) is 0 Å². The van der Waals surface area contributed by atoms with Gasteiger partial charge in [0, 0.05) is 26.2 Å². The van der Waals surface area contributed by atoms with Crippen LogP contribution in [0.3, 0.4) is 0 Å². The third kappa shape index (κ3) is 11.0. The van der Waals surface area contributed by atoms with Crippen molar-refractivity contribution in [2.45, 2.75) is 78.4 Å². The Bertz CT molecular complexity index is 1970. The molecule has 2 aliphatic heterocycles. The van der Waals surface area contributed by atoms with E-state index in [4.69, 9.17) is 14.2 Å². The standard InChI is InChI=1S/C23H29NO4.C22H27NO4/c1-23(2,3)28-22(26)24-14-18(20(15-24)21(25)27-4)13-12-17-10-7-9-16-8-5-6-11-19(16)17;1-22(2,3)27-21(26)23-13-17(19(14-23)20(24)25)12-11-16-9-6-8-15-7-4-5-10-18(15)16/h5-11,18,20H,12-15H2,1-4H3;4-10,17,19H,11-14H2,1-3H3,(H,24,25)/t18-,20-;17-,19-/m00/s1. The molecule has 55 heavy (non-hydrogen) atoms. The maximum absolute atomic E-state index is 12.5. The predicted octanol–water partition coefficient (Wildman–Crippen LogP) is 8.77. The van der Waals surface area contributed by atoms with Crippen molar-refractivity contribution in [1.82, 2.24) is 9.80 Å². The number of fused-ring (bicyclic) bond motifs is 2. The van der Waals surface area contributed by atoms with E-state index in [0.717, 1.165) is 25.7 Å². The molecular formula is C45H56N2O8. The molecule has 0 radical (unpaired) electrons. The number of amides is 2. The van der Waals surface area contributed by atoms with Crippen molar-refractivity contribution in [3.05, 3.63) is 96.1 Å². The van der Waals surface area contributed by atoms with Crippen LogP contribution in [0.4, 0.5) is 9.59 Å². The van der Waals surface area contributed by atoms with E-state index in [-0.39, 0.29) is 36.4 Å². The fourth-order valence-electron chi connectivity index (χ4n) is 7.68. The molecule has 4 aromatic rings. The first-order chi connectivity index (χ1) is 26.0. The highest BCUT2D eigenvalue weighted by Gasteiger charge is 2.42. The lowest BCUT2D eigenvalue weighted by Gasteiger charge is -2.24.